The number of amides is 2. The zero-order chi connectivity index (χ0) is 13.2. The normalized spacial score (nSPS) is 11.1. The van der Waals surface area contributed by atoms with Gasteiger partial charge in [-0.1, -0.05) is 6.07 Å². The van der Waals surface area contributed by atoms with Gasteiger partial charge in [0, 0.05) is 0 Å². The molecule has 1 aromatic rings. The highest BCUT2D eigenvalue weighted by molar-refractivity contribution is 6.06. The molecule has 17 heavy (non-hydrogen) atoms. The summed E-state index contributed by atoms with van der Waals surface area (Å²) in [5.74, 6) is -1.74. The van der Waals surface area contributed by atoms with E-state index >= 15 is 0 Å². The fraction of sp³-hybridized carbons (Fsp3) is 0.273. The van der Waals surface area contributed by atoms with Crippen LogP contribution in [0.4, 0.5) is 4.39 Å². The first-order valence-corrected chi connectivity index (χ1v) is 4.85. The lowest BCUT2D eigenvalue weighted by atomic mass is 9.94. The van der Waals surface area contributed by atoms with Crippen LogP contribution in [-0.2, 0) is 5.67 Å². The quantitative estimate of drug-likeness (QED) is 0.545. The Morgan fingerprint density at radius 1 is 1.35 bits per heavy atom. The number of rotatable bonds is 3. The predicted octanol–water partition coefficient (Wildman–Crippen LogP) is 1.11. The molecule has 0 aliphatic rings. The van der Waals surface area contributed by atoms with Crippen molar-refractivity contribution in [1.82, 2.24) is 5.48 Å². The van der Waals surface area contributed by atoms with Crippen molar-refractivity contribution < 1.29 is 19.2 Å². The van der Waals surface area contributed by atoms with Crippen LogP contribution >= 0.6 is 0 Å². The maximum atomic E-state index is 13.7. The molecular formula is C11H13FN2O3. The molecule has 0 aliphatic heterocycles. The lowest BCUT2D eigenvalue weighted by Gasteiger charge is -2.16. The van der Waals surface area contributed by atoms with E-state index in [4.69, 9.17) is 10.9 Å². The molecule has 0 aromatic heterocycles. The Morgan fingerprint density at radius 2 is 1.94 bits per heavy atom. The Morgan fingerprint density at radius 3 is 2.35 bits per heavy atom. The van der Waals surface area contributed by atoms with E-state index in [0.29, 0.717) is 0 Å². The van der Waals surface area contributed by atoms with Gasteiger partial charge in [0.1, 0.15) is 5.67 Å². The highest BCUT2D eigenvalue weighted by atomic mass is 19.1. The van der Waals surface area contributed by atoms with Crippen molar-refractivity contribution >= 4 is 11.8 Å². The van der Waals surface area contributed by atoms with Gasteiger partial charge in [-0.15, -0.1) is 0 Å². The van der Waals surface area contributed by atoms with Crippen LogP contribution < -0.4 is 11.2 Å². The van der Waals surface area contributed by atoms with Crippen LogP contribution in [0.15, 0.2) is 18.2 Å². The first kappa shape index (κ1) is 13.1. The van der Waals surface area contributed by atoms with Crippen LogP contribution in [0.1, 0.15) is 40.1 Å². The largest absolute Gasteiger partial charge is 0.366 e. The highest BCUT2D eigenvalue weighted by Gasteiger charge is 2.23. The van der Waals surface area contributed by atoms with Crippen LogP contribution in [0.3, 0.4) is 0 Å². The lowest BCUT2D eigenvalue weighted by Crippen LogP contribution is -2.25. The topological polar surface area (TPSA) is 92.4 Å². The van der Waals surface area contributed by atoms with E-state index in [1.165, 1.54) is 37.5 Å². The van der Waals surface area contributed by atoms with E-state index in [1.54, 1.807) is 0 Å². The molecule has 0 spiro atoms. The van der Waals surface area contributed by atoms with Gasteiger partial charge in [0.15, 0.2) is 0 Å². The van der Waals surface area contributed by atoms with Gasteiger partial charge in [-0.25, -0.2) is 9.87 Å². The van der Waals surface area contributed by atoms with Gasteiger partial charge in [-0.2, -0.15) is 0 Å². The number of nitrogens with two attached hydrogens (primary N) is 1. The van der Waals surface area contributed by atoms with Gasteiger partial charge in [0.2, 0.25) is 5.91 Å². The molecule has 1 aromatic carbocycles. The number of hydrogen-bond donors (Lipinski definition) is 3. The van der Waals surface area contributed by atoms with Crippen molar-refractivity contribution in [3.63, 3.8) is 0 Å². The molecule has 0 aliphatic carbocycles. The number of nitrogens with one attached hydrogen (secondary N) is 1. The minimum atomic E-state index is -1.67. The number of benzene rings is 1. The highest BCUT2D eigenvalue weighted by Crippen LogP contribution is 2.26. The van der Waals surface area contributed by atoms with Crippen LogP contribution in [0.25, 0.3) is 0 Å². The minimum absolute atomic E-state index is 0.0791. The summed E-state index contributed by atoms with van der Waals surface area (Å²) in [7, 11) is 0. The molecule has 6 heteroatoms. The van der Waals surface area contributed by atoms with E-state index < -0.39 is 17.5 Å². The van der Waals surface area contributed by atoms with E-state index in [1.807, 2.05) is 0 Å². The second-order valence-corrected chi connectivity index (χ2v) is 4.04. The Bertz CT molecular complexity index is 466. The molecule has 0 heterocycles. The van der Waals surface area contributed by atoms with Gasteiger partial charge in [0.05, 0.1) is 11.1 Å². The minimum Gasteiger partial charge on any atom is -0.366 e. The molecule has 0 bridgehead atoms. The average Bonchev–Trinajstić information content (AvgIpc) is 2.25. The van der Waals surface area contributed by atoms with Gasteiger partial charge < -0.3 is 5.73 Å². The number of carbonyl (C=O) groups excluding carboxylic acids is 2. The molecule has 0 fully saturated rings. The fourth-order valence-electron chi connectivity index (χ4n) is 1.38. The molecule has 92 valence electrons. The van der Waals surface area contributed by atoms with Crippen molar-refractivity contribution in [1.29, 1.82) is 0 Å². The lowest BCUT2D eigenvalue weighted by molar-refractivity contribution is 0.0702. The molecule has 0 atom stereocenters. The predicted molar refractivity (Wildman–Crippen MR) is 58.3 cm³/mol. The van der Waals surface area contributed by atoms with Crippen LogP contribution in [-0.4, -0.2) is 17.0 Å². The zero-order valence-corrected chi connectivity index (χ0v) is 9.45. The molecule has 4 N–H and O–H groups in total. The number of primary amides is 1. The molecule has 2 amide bonds. The van der Waals surface area contributed by atoms with E-state index in [2.05, 4.69) is 0 Å². The summed E-state index contributed by atoms with van der Waals surface area (Å²) in [5, 5.41) is 8.54. The SMILES string of the molecule is CC(C)(F)c1ccc(C(N)=O)c(C(=O)NO)c1. The third kappa shape index (κ3) is 2.79. The molecule has 0 radical (unpaired) electrons. The zero-order valence-electron chi connectivity index (χ0n) is 9.45. The van der Waals surface area contributed by atoms with Crippen molar-refractivity contribution in [2.24, 2.45) is 5.73 Å². The number of alkyl halides is 1. The smallest absolute Gasteiger partial charge is 0.275 e. The monoisotopic (exact) mass is 240 g/mol. The van der Waals surface area contributed by atoms with E-state index in [9.17, 15) is 14.0 Å². The second-order valence-electron chi connectivity index (χ2n) is 4.04. The molecular weight excluding hydrogens is 227 g/mol. The van der Waals surface area contributed by atoms with Gasteiger partial charge in [-0.3, -0.25) is 14.8 Å². The number of hydroxylamine groups is 1. The van der Waals surface area contributed by atoms with Crippen molar-refractivity contribution in [3.8, 4) is 0 Å². The van der Waals surface area contributed by atoms with Crippen LogP contribution in [0.2, 0.25) is 0 Å². The summed E-state index contributed by atoms with van der Waals surface area (Å²) in [6, 6.07) is 3.81. The van der Waals surface area contributed by atoms with Gasteiger partial charge in [0.25, 0.3) is 5.91 Å². The molecule has 5 nitrogen and oxygen atoms in total. The van der Waals surface area contributed by atoms with Gasteiger partial charge in [-0.05, 0) is 31.5 Å². The van der Waals surface area contributed by atoms with E-state index in [-0.39, 0.29) is 16.7 Å². The standard InChI is InChI=1S/C11H13FN2O3/c1-11(2,12)6-3-4-7(9(13)15)8(5-6)10(16)14-17/h3-5,17H,1-2H3,(H2,13,15)(H,14,16). The van der Waals surface area contributed by atoms with Crippen LogP contribution in [0.5, 0.6) is 0 Å². The molecule has 0 unspecified atom stereocenters. The summed E-state index contributed by atoms with van der Waals surface area (Å²) in [6.45, 7) is 2.62. The third-order valence-corrected chi connectivity index (χ3v) is 2.32. The van der Waals surface area contributed by atoms with Crippen molar-refractivity contribution in [2.75, 3.05) is 0 Å². The molecule has 1 rings (SSSR count). The Hall–Kier alpha value is -1.95. The third-order valence-electron chi connectivity index (χ3n) is 2.32. The Balaban J connectivity index is 3.39. The number of carbonyl (C=O) groups is 2. The van der Waals surface area contributed by atoms with Gasteiger partial charge >= 0.3 is 0 Å². The first-order chi connectivity index (χ1) is 7.77. The fourth-order valence-corrected chi connectivity index (χ4v) is 1.38. The van der Waals surface area contributed by atoms with E-state index in [0.717, 1.165) is 0 Å². The first-order valence-electron chi connectivity index (χ1n) is 4.85. The molecule has 0 saturated carbocycles. The average molecular weight is 240 g/mol. The second kappa shape index (κ2) is 4.50. The summed E-state index contributed by atoms with van der Waals surface area (Å²) < 4.78 is 13.7. The van der Waals surface area contributed by atoms with Crippen molar-refractivity contribution in [3.05, 3.63) is 34.9 Å². The Labute approximate surface area is 97.4 Å². The summed E-state index contributed by atoms with van der Waals surface area (Å²) in [5.41, 5.74) is 4.76. The maximum Gasteiger partial charge on any atom is 0.275 e. The summed E-state index contributed by atoms with van der Waals surface area (Å²) >= 11 is 0. The Kier molecular flexibility index (Phi) is 3.47. The number of halogens is 1. The summed E-state index contributed by atoms with van der Waals surface area (Å²) in [6.07, 6.45) is 0. The van der Waals surface area contributed by atoms with Crippen LogP contribution in [0, 0.1) is 0 Å². The number of hydrogen-bond acceptors (Lipinski definition) is 3. The summed E-state index contributed by atoms with van der Waals surface area (Å²) in [4.78, 5) is 22.4. The maximum absolute atomic E-state index is 13.7. The van der Waals surface area contributed by atoms with Crippen molar-refractivity contribution in [2.45, 2.75) is 19.5 Å². The molecule has 0 saturated heterocycles.